The summed E-state index contributed by atoms with van der Waals surface area (Å²) in [5.74, 6) is 0.719. The molecule has 3 nitrogen and oxygen atoms in total. The minimum atomic E-state index is 0.00969. The summed E-state index contributed by atoms with van der Waals surface area (Å²) in [6.45, 7) is 0.539. The van der Waals surface area contributed by atoms with E-state index < -0.39 is 0 Å². The molecule has 0 bridgehead atoms. The van der Waals surface area contributed by atoms with Gasteiger partial charge in [0, 0.05) is 12.1 Å². The molecule has 2 rings (SSSR count). The standard InChI is InChI=1S/C16H17BrClNO2/c1-20-10-15(11-6-4-3-5-7-11)19-14-9-12(18)8-13(17)16(14)21-2/h3-9,15,19H,10H2,1-2H3. The topological polar surface area (TPSA) is 30.5 Å². The van der Waals surface area contributed by atoms with Gasteiger partial charge in [-0.25, -0.2) is 0 Å². The number of methoxy groups -OCH3 is 2. The second-order valence-corrected chi connectivity index (χ2v) is 5.82. The number of halogens is 2. The van der Waals surface area contributed by atoms with Gasteiger partial charge in [0.2, 0.25) is 0 Å². The molecule has 0 fully saturated rings. The number of rotatable bonds is 6. The van der Waals surface area contributed by atoms with E-state index in [4.69, 9.17) is 21.1 Å². The highest BCUT2D eigenvalue weighted by Gasteiger charge is 2.16. The van der Waals surface area contributed by atoms with Crippen LogP contribution in [0.2, 0.25) is 5.02 Å². The van der Waals surface area contributed by atoms with Crippen LogP contribution < -0.4 is 10.1 Å². The first-order chi connectivity index (χ1) is 10.2. The predicted molar refractivity (Wildman–Crippen MR) is 90.4 cm³/mol. The number of hydrogen-bond acceptors (Lipinski definition) is 3. The van der Waals surface area contributed by atoms with Crippen molar-refractivity contribution in [3.8, 4) is 5.75 Å². The van der Waals surface area contributed by atoms with Gasteiger partial charge >= 0.3 is 0 Å². The van der Waals surface area contributed by atoms with Crippen molar-refractivity contribution in [1.29, 1.82) is 0 Å². The number of nitrogens with one attached hydrogen (secondary N) is 1. The van der Waals surface area contributed by atoms with Gasteiger partial charge in [0.25, 0.3) is 0 Å². The maximum atomic E-state index is 6.13. The van der Waals surface area contributed by atoms with Crippen LogP contribution in [-0.2, 0) is 4.74 Å². The van der Waals surface area contributed by atoms with Crippen LogP contribution in [0.25, 0.3) is 0 Å². The Morgan fingerprint density at radius 1 is 1.19 bits per heavy atom. The number of anilines is 1. The zero-order chi connectivity index (χ0) is 15.2. The molecular weight excluding hydrogens is 354 g/mol. The van der Waals surface area contributed by atoms with Gasteiger partial charge < -0.3 is 14.8 Å². The van der Waals surface area contributed by atoms with Gasteiger partial charge in [-0.15, -0.1) is 0 Å². The first kappa shape index (κ1) is 16.1. The van der Waals surface area contributed by atoms with Gasteiger partial charge in [-0.05, 0) is 33.6 Å². The van der Waals surface area contributed by atoms with Gasteiger partial charge in [-0.1, -0.05) is 41.9 Å². The lowest BCUT2D eigenvalue weighted by atomic mass is 10.1. The van der Waals surface area contributed by atoms with Crippen LogP contribution in [0.15, 0.2) is 46.9 Å². The average molecular weight is 371 g/mol. The van der Waals surface area contributed by atoms with Crippen LogP contribution in [0.5, 0.6) is 5.75 Å². The molecule has 0 saturated carbocycles. The molecule has 0 aliphatic rings. The van der Waals surface area contributed by atoms with E-state index in [-0.39, 0.29) is 6.04 Å². The maximum Gasteiger partial charge on any atom is 0.156 e. The fourth-order valence-electron chi connectivity index (χ4n) is 2.14. The lowest BCUT2D eigenvalue weighted by Crippen LogP contribution is -2.16. The van der Waals surface area contributed by atoms with Gasteiger partial charge in [-0.3, -0.25) is 0 Å². The minimum Gasteiger partial charge on any atom is -0.493 e. The van der Waals surface area contributed by atoms with Crippen LogP contribution in [-0.4, -0.2) is 20.8 Å². The molecule has 0 spiro atoms. The quantitative estimate of drug-likeness (QED) is 0.783. The summed E-state index contributed by atoms with van der Waals surface area (Å²) in [6.07, 6.45) is 0. The Morgan fingerprint density at radius 3 is 2.52 bits per heavy atom. The second-order valence-electron chi connectivity index (χ2n) is 4.53. The molecule has 2 aromatic rings. The second kappa shape index (κ2) is 7.69. The third kappa shape index (κ3) is 4.13. The van der Waals surface area contributed by atoms with E-state index in [9.17, 15) is 0 Å². The Balaban J connectivity index is 2.33. The van der Waals surface area contributed by atoms with Gasteiger partial charge in [0.1, 0.15) is 0 Å². The number of ether oxygens (including phenoxy) is 2. The van der Waals surface area contributed by atoms with Crippen molar-refractivity contribution in [1.82, 2.24) is 0 Å². The van der Waals surface area contributed by atoms with E-state index in [1.807, 2.05) is 24.3 Å². The van der Waals surface area contributed by atoms with Crippen LogP contribution in [0.4, 0.5) is 5.69 Å². The molecule has 21 heavy (non-hydrogen) atoms. The SMILES string of the molecule is COCC(Nc1cc(Cl)cc(Br)c1OC)c1ccccc1. The highest BCUT2D eigenvalue weighted by atomic mass is 79.9. The predicted octanol–water partition coefficient (Wildman–Crippen LogP) is 4.91. The first-order valence-electron chi connectivity index (χ1n) is 6.49. The Morgan fingerprint density at radius 2 is 1.90 bits per heavy atom. The zero-order valence-corrected chi connectivity index (χ0v) is 14.2. The van der Waals surface area contributed by atoms with Crippen LogP contribution in [0.1, 0.15) is 11.6 Å². The summed E-state index contributed by atoms with van der Waals surface area (Å²) < 4.78 is 11.6. The van der Waals surface area contributed by atoms with Crippen molar-refractivity contribution in [3.63, 3.8) is 0 Å². The molecular formula is C16H17BrClNO2. The maximum absolute atomic E-state index is 6.13. The largest absolute Gasteiger partial charge is 0.493 e. The van der Waals surface area contributed by atoms with E-state index in [1.54, 1.807) is 20.3 Å². The first-order valence-corrected chi connectivity index (χ1v) is 7.66. The molecule has 0 saturated heterocycles. The van der Waals surface area contributed by atoms with E-state index in [1.165, 1.54) is 0 Å². The molecule has 0 radical (unpaired) electrons. The Kier molecular flexibility index (Phi) is 5.91. The van der Waals surface area contributed by atoms with Crippen molar-refractivity contribution in [3.05, 3.63) is 57.5 Å². The zero-order valence-electron chi connectivity index (χ0n) is 11.9. The molecule has 1 atom stereocenters. The third-order valence-corrected chi connectivity index (χ3v) is 3.88. The van der Waals surface area contributed by atoms with Gasteiger partial charge in [0.05, 0.1) is 29.9 Å². The summed E-state index contributed by atoms with van der Waals surface area (Å²) in [5.41, 5.74) is 1.96. The normalized spacial score (nSPS) is 12.0. The third-order valence-electron chi connectivity index (χ3n) is 3.08. The molecule has 0 aliphatic heterocycles. The molecule has 0 amide bonds. The van der Waals surface area contributed by atoms with Crippen molar-refractivity contribution in [2.45, 2.75) is 6.04 Å². The molecule has 0 heterocycles. The number of benzene rings is 2. The van der Waals surface area contributed by atoms with Crippen molar-refractivity contribution < 1.29 is 9.47 Å². The van der Waals surface area contributed by atoms with Crippen molar-refractivity contribution in [2.24, 2.45) is 0 Å². The monoisotopic (exact) mass is 369 g/mol. The molecule has 0 aliphatic carbocycles. The summed E-state index contributed by atoms with van der Waals surface area (Å²) >= 11 is 9.59. The molecule has 5 heteroatoms. The highest BCUT2D eigenvalue weighted by Crippen LogP contribution is 2.38. The fraction of sp³-hybridized carbons (Fsp3) is 0.250. The summed E-state index contributed by atoms with van der Waals surface area (Å²) in [7, 11) is 3.32. The fourth-order valence-corrected chi connectivity index (χ4v) is 3.11. The number of hydrogen-bond donors (Lipinski definition) is 1. The Labute approximate surface area is 138 Å². The molecule has 0 aromatic heterocycles. The smallest absolute Gasteiger partial charge is 0.156 e. The minimum absolute atomic E-state index is 0.00969. The van der Waals surface area contributed by atoms with E-state index in [2.05, 4.69) is 33.4 Å². The lowest BCUT2D eigenvalue weighted by molar-refractivity contribution is 0.186. The molecule has 2 aromatic carbocycles. The molecule has 1 N–H and O–H groups in total. The summed E-state index contributed by atoms with van der Waals surface area (Å²) in [5, 5.41) is 4.07. The van der Waals surface area contributed by atoms with Crippen molar-refractivity contribution in [2.75, 3.05) is 26.1 Å². The van der Waals surface area contributed by atoms with Gasteiger partial charge in [-0.2, -0.15) is 0 Å². The van der Waals surface area contributed by atoms with Gasteiger partial charge in [0.15, 0.2) is 5.75 Å². The molecule has 112 valence electrons. The highest BCUT2D eigenvalue weighted by molar-refractivity contribution is 9.10. The summed E-state index contributed by atoms with van der Waals surface area (Å²) in [6, 6.07) is 13.8. The summed E-state index contributed by atoms with van der Waals surface area (Å²) in [4.78, 5) is 0. The lowest BCUT2D eigenvalue weighted by Gasteiger charge is -2.22. The Hall–Kier alpha value is -1.23. The average Bonchev–Trinajstić information content (AvgIpc) is 2.47. The van der Waals surface area contributed by atoms with E-state index >= 15 is 0 Å². The van der Waals surface area contributed by atoms with Crippen LogP contribution >= 0.6 is 27.5 Å². The van der Waals surface area contributed by atoms with E-state index in [0.29, 0.717) is 11.6 Å². The van der Waals surface area contributed by atoms with E-state index in [0.717, 1.165) is 21.5 Å². The van der Waals surface area contributed by atoms with Crippen LogP contribution in [0.3, 0.4) is 0 Å². The molecule has 1 unspecified atom stereocenters. The van der Waals surface area contributed by atoms with Crippen molar-refractivity contribution >= 4 is 33.2 Å². The Bertz CT molecular complexity index is 592. The van der Waals surface area contributed by atoms with Crippen LogP contribution in [0, 0.1) is 0 Å².